The van der Waals surface area contributed by atoms with Crippen molar-refractivity contribution in [2.75, 3.05) is 0 Å². The van der Waals surface area contributed by atoms with Crippen molar-refractivity contribution in [3.8, 4) is 0 Å². The lowest BCUT2D eigenvalue weighted by atomic mass is 10.1. The molecule has 0 aromatic heterocycles. The van der Waals surface area contributed by atoms with Gasteiger partial charge in [-0.2, -0.15) is 5.26 Å². The highest BCUT2D eigenvalue weighted by Gasteiger charge is 2.28. The van der Waals surface area contributed by atoms with E-state index in [1.54, 1.807) is 0 Å². The van der Waals surface area contributed by atoms with Gasteiger partial charge in [0.25, 0.3) is 0 Å². The molecule has 4 heteroatoms. The van der Waals surface area contributed by atoms with Crippen LogP contribution in [-0.2, 0) is 9.68 Å². The van der Waals surface area contributed by atoms with Gasteiger partial charge >= 0.3 is 5.97 Å². The van der Waals surface area contributed by atoms with Crippen LogP contribution in [-0.4, -0.2) is 21.9 Å². The van der Waals surface area contributed by atoms with Crippen molar-refractivity contribution in [2.45, 2.75) is 12.5 Å². The van der Waals surface area contributed by atoms with E-state index < -0.39 is 11.6 Å². The van der Waals surface area contributed by atoms with E-state index in [0.717, 1.165) is 13.0 Å². The summed E-state index contributed by atoms with van der Waals surface area (Å²) in [5.74, 6) is -1.14. The summed E-state index contributed by atoms with van der Waals surface area (Å²) in [6.45, 7) is 4.29. The van der Waals surface area contributed by atoms with E-state index in [-0.39, 0.29) is 0 Å². The molecule has 0 aliphatic carbocycles. The second kappa shape index (κ2) is 2.61. The molecule has 0 aliphatic heterocycles. The fraction of sp³-hybridized carbons (Fsp3) is 0.400. The van der Waals surface area contributed by atoms with Crippen LogP contribution in [0.1, 0.15) is 6.92 Å². The van der Waals surface area contributed by atoms with Crippen LogP contribution < -0.4 is 0 Å². The fourth-order valence-corrected chi connectivity index (χ4v) is 0.176. The molecule has 0 spiro atoms. The van der Waals surface area contributed by atoms with Gasteiger partial charge in [0.2, 0.25) is 0 Å². The second-order valence-electron chi connectivity index (χ2n) is 1.73. The van der Waals surface area contributed by atoms with Gasteiger partial charge in [-0.15, -0.1) is 0 Å². The first-order valence-corrected chi connectivity index (χ1v) is 2.26. The quantitative estimate of drug-likeness (QED) is 0.314. The maximum Gasteiger partial charge on any atom is 0.376 e. The van der Waals surface area contributed by atoms with Gasteiger partial charge in [0.1, 0.15) is 0 Å². The van der Waals surface area contributed by atoms with Gasteiger partial charge in [-0.05, 0) is 13.0 Å². The molecule has 0 amide bonds. The topological polar surface area (TPSA) is 66.8 Å². The Morgan fingerprint density at radius 2 is 2.33 bits per heavy atom. The third kappa shape index (κ3) is 1.83. The first kappa shape index (κ1) is 8.13. The number of carbonyl (C=O) groups is 1. The minimum absolute atomic E-state index is 0.964. The number of carbonyl (C=O) groups excluding carboxylic acids is 1. The molecule has 1 unspecified atom stereocenters. The van der Waals surface area contributed by atoms with E-state index >= 15 is 0 Å². The Hall–Kier alpha value is -0.870. The Morgan fingerprint density at radius 3 is 2.44 bits per heavy atom. The van der Waals surface area contributed by atoms with Crippen LogP contribution in [0.5, 0.6) is 0 Å². The second-order valence-corrected chi connectivity index (χ2v) is 1.73. The summed E-state index contributed by atoms with van der Waals surface area (Å²) in [6.07, 6.45) is 0.964. The lowest BCUT2D eigenvalue weighted by Gasteiger charge is -2.11. The molecule has 4 nitrogen and oxygen atoms in total. The average Bonchev–Trinajstić information content (AvgIpc) is 1.86. The molecule has 2 N–H and O–H groups in total. The van der Waals surface area contributed by atoms with Crippen molar-refractivity contribution < 1.29 is 20.0 Å². The summed E-state index contributed by atoms with van der Waals surface area (Å²) < 4.78 is 0. The summed E-state index contributed by atoms with van der Waals surface area (Å²) in [4.78, 5) is 13.5. The molecule has 0 saturated heterocycles. The third-order valence-electron chi connectivity index (χ3n) is 0.894. The maximum absolute atomic E-state index is 10.3. The molecule has 52 valence electrons. The lowest BCUT2D eigenvalue weighted by Crippen LogP contribution is -2.33. The van der Waals surface area contributed by atoms with Gasteiger partial charge in [-0.25, -0.2) is 4.79 Å². The first-order valence-electron chi connectivity index (χ1n) is 2.26. The monoisotopic (exact) mass is 132 g/mol. The highest BCUT2D eigenvalue weighted by molar-refractivity contribution is 5.80. The average molecular weight is 132 g/mol. The zero-order chi connectivity index (χ0) is 7.49. The minimum Gasteiger partial charge on any atom is -0.375 e. The fourth-order valence-electron chi connectivity index (χ4n) is 0.176. The van der Waals surface area contributed by atoms with Gasteiger partial charge in [-0.3, -0.25) is 4.89 Å². The van der Waals surface area contributed by atoms with Crippen LogP contribution in [0.3, 0.4) is 0 Å². The van der Waals surface area contributed by atoms with Crippen LogP contribution in [0.2, 0.25) is 0 Å². The molecule has 0 fully saturated rings. The number of aliphatic hydroxyl groups is 1. The van der Waals surface area contributed by atoms with Crippen molar-refractivity contribution in [3.63, 3.8) is 0 Å². The maximum atomic E-state index is 10.3. The zero-order valence-corrected chi connectivity index (χ0v) is 5.00. The molecule has 0 aromatic rings. The molecule has 0 aliphatic rings. The van der Waals surface area contributed by atoms with E-state index in [1.807, 2.05) is 0 Å². The van der Waals surface area contributed by atoms with E-state index in [9.17, 15) is 4.79 Å². The Morgan fingerprint density at radius 1 is 1.89 bits per heavy atom. The molecule has 0 bridgehead atoms. The summed E-state index contributed by atoms with van der Waals surface area (Å²) in [5.41, 5.74) is -1.80. The van der Waals surface area contributed by atoms with E-state index in [0.29, 0.717) is 0 Å². The first-order chi connectivity index (χ1) is 4.04. The molecule has 9 heavy (non-hydrogen) atoms. The third-order valence-corrected chi connectivity index (χ3v) is 0.894. The van der Waals surface area contributed by atoms with Gasteiger partial charge in [-0.1, -0.05) is 6.58 Å². The van der Waals surface area contributed by atoms with Crippen molar-refractivity contribution in [1.29, 1.82) is 0 Å². The van der Waals surface area contributed by atoms with Gasteiger partial charge in [0, 0.05) is 0 Å². The molecule has 1 atom stereocenters. The van der Waals surface area contributed by atoms with Gasteiger partial charge in [0.05, 0.1) is 0 Å². The zero-order valence-electron chi connectivity index (χ0n) is 5.00. The van der Waals surface area contributed by atoms with Crippen LogP contribution >= 0.6 is 0 Å². The summed E-state index contributed by atoms with van der Waals surface area (Å²) in [7, 11) is 0. The molecule has 0 rings (SSSR count). The Bertz CT molecular complexity index is 127. The molecule has 0 saturated carbocycles. The van der Waals surface area contributed by atoms with E-state index in [1.165, 1.54) is 0 Å². The van der Waals surface area contributed by atoms with Crippen LogP contribution in [0.25, 0.3) is 0 Å². The molecule has 0 aromatic carbocycles. The molecular formula is C5H8O4. The lowest BCUT2D eigenvalue weighted by molar-refractivity contribution is -0.246. The van der Waals surface area contributed by atoms with Crippen LogP contribution in [0.15, 0.2) is 12.7 Å². The van der Waals surface area contributed by atoms with Gasteiger partial charge in [0.15, 0.2) is 5.60 Å². The highest BCUT2D eigenvalue weighted by Crippen LogP contribution is 2.04. The predicted molar refractivity (Wildman–Crippen MR) is 29.5 cm³/mol. The summed E-state index contributed by atoms with van der Waals surface area (Å²) in [6, 6.07) is 0. The Kier molecular flexibility index (Phi) is 2.36. The molecule has 0 heterocycles. The van der Waals surface area contributed by atoms with Crippen LogP contribution in [0.4, 0.5) is 0 Å². The highest BCUT2D eigenvalue weighted by atomic mass is 17.1. The SMILES string of the molecule is C=CC(C)(O)C(=O)OO. The summed E-state index contributed by atoms with van der Waals surface area (Å²) in [5, 5.41) is 16.6. The Labute approximate surface area is 52.3 Å². The van der Waals surface area contributed by atoms with Gasteiger partial charge < -0.3 is 5.11 Å². The largest absolute Gasteiger partial charge is 0.376 e. The van der Waals surface area contributed by atoms with Crippen molar-refractivity contribution in [3.05, 3.63) is 12.7 Å². The number of hydrogen-bond donors (Lipinski definition) is 2. The van der Waals surface area contributed by atoms with E-state index in [4.69, 9.17) is 10.4 Å². The Balaban J connectivity index is 4.14. The van der Waals surface area contributed by atoms with Crippen molar-refractivity contribution >= 4 is 5.97 Å². The predicted octanol–water partition coefficient (Wildman–Crippen LogP) is -0.0604. The molecule has 0 radical (unpaired) electrons. The molecular weight excluding hydrogens is 124 g/mol. The van der Waals surface area contributed by atoms with E-state index in [2.05, 4.69) is 11.5 Å². The van der Waals surface area contributed by atoms with Crippen molar-refractivity contribution in [2.24, 2.45) is 0 Å². The smallest absolute Gasteiger partial charge is 0.375 e. The van der Waals surface area contributed by atoms with Crippen molar-refractivity contribution in [1.82, 2.24) is 0 Å². The normalized spacial score (nSPS) is 15.9. The van der Waals surface area contributed by atoms with Crippen LogP contribution in [0, 0.1) is 0 Å². The number of rotatable bonds is 2. The summed E-state index contributed by atoms with van der Waals surface area (Å²) >= 11 is 0. The standard InChI is InChI=1S/C5H8O4/c1-3-5(2,7)4(6)9-8/h3,7-8H,1H2,2H3. The number of hydrogen-bond acceptors (Lipinski definition) is 4. The minimum atomic E-state index is -1.80.